The normalized spacial score (nSPS) is 23.0. The number of carbonyl (C=O) groups excluding carboxylic acids is 1. The van der Waals surface area contributed by atoms with E-state index in [2.05, 4.69) is 43.9 Å². The first-order valence-electron chi connectivity index (χ1n) is 13.4. The molecule has 38 heavy (non-hydrogen) atoms. The van der Waals surface area contributed by atoms with E-state index in [1.807, 2.05) is 43.9 Å². The minimum atomic E-state index is -0.554. The Hall–Kier alpha value is -2.54. The lowest BCUT2D eigenvalue weighted by atomic mass is 9.73. The molecular weight excluding hydrogens is 597 g/mol. The van der Waals surface area contributed by atoms with Gasteiger partial charge in [0.2, 0.25) is 0 Å². The smallest absolute Gasteiger partial charge is 0.408 e. The quantitative estimate of drug-likeness (QED) is 0.406. The maximum Gasteiger partial charge on any atom is 0.408 e. The number of amides is 1. The van der Waals surface area contributed by atoms with Crippen molar-refractivity contribution < 1.29 is 14.3 Å². The van der Waals surface area contributed by atoms with Gasteiger partial charge in [-0.05, 0) is 93.5 Å². The molecule has 3 aliphatic rings. The summed E-state index contributed by atoms with van der Waals surface area (Å²) in [5, 5.41) is 7.92. The monoisotopic (exact) mass is 631 g/mol. The lowest BCUT2D eigenvalue weighted by molar-refractivity contribution is -0.0372. The van der Waals surface area contributed by atoms with E-state index >= 15 is 0 Å². The van der Waals surface area contributed by atoms with Gasteiger partial charge in [-0.1, -0.05) is 6.07 Å². The fourth-order valence-electron chi connectivity index (χ4n) is 6.06. The molecule has 3 aromatic heterocycles. The molecule has 2 aliphatic heterocycles. The summed E-state index contributed by atoms with van der Waals surface area (Å²) in [5.74, 6) is 0.853. The highest BCUT2D eigenvalue weighted by molar-refractivity contribution is 14.1. The van der Waals surface area contributed by atoms with E-state index in [4.69, 9.17) is 24.5 Å². The highest BCUT2D eigenvalue weighted by Gasteiger charge is 2.49. The van der Waals surface area contributed by atoms with Crippen LogP contribution in [0.3, 0.4) is 0 Å². The summed E-state index contributed by atoms with van der Waals surface area (Å²) in [6, 6.07) is 3.89. The largest absolute Gasteiger partial charge is 0.444 e. The molecule has 10 nitrogen and oxygen atoms in total. The van der Waals surface area contributed by atoms with Gasteiger partial charge >= 0.3 is 6.09 Å². The Kier molecular flexibility index (Phi) is 6.69. The average molecular weight is 632 g/mol. The Morgan fingerprint density at radius 1 is 1.24 bits per heavy atom. The number of fused-ring (bicyclic) bond motifs is 2. The fraction of sp³-hybridized carbons (Fsp3) is 0.593. The summed E-state index contributed by atoms with van der Waals surface area (Å²) in [6.07, 6.45) is 9.00. The molecule has 11 heteroatoms. The van der Waals surface area contributed by atoms with Crippen LogP contribution < -0.4 is 10.2 Å². The molecule has 2 saturated heterocycles. The van der Waals surface area contributed by atoms with Crippen molar-refractivity contribution in [2.24, 2.45) is 5.41 Å². The number of halogens is 1. The Balaban J connectivity index is 1.23. The van der Waals surface area contributed by atoms with Crippen LogP contribution in [0.15, 0.2) is 24.5 Å². The highest BCUT2D eigenvalue weighted by Crippen LogP contribution is 2.51. The molecule has 0 radical (unpaired) electrons. The molecule has 1 spiro atoms. The first-order chi connectivity index (χ1) is 18.2. The second-order valence-electron chi connectivity index (χ2n) is 11.6. The number of hydrogen-bond acceptors (Lipinski definition) is 8. The maximum absolute atomic E-state index is 12.8. The molecule has 2 atom stereocenters. The molecule has 0 saturated carbocycles. The third kappa shape index (κ3) is 4.83. The van der Waals surface area contributed by atoms with E-state index in [1.54, 1.807) is 0 Å². The Labute approximate surface area is 236 Å². The van der Waals surface area contributed by atoms with E-state index in [-0.39, 0.29) is 23.8 Å². The van der Waals surface area contributed by atoms with Crippen LogP contribution in [0.1, 0.15) is 76.4 Å². The molecule has 5 heterocycles. The fourth-order valence-corrected chi connectivity index (χ4v) is 6.68. The van der Waals surface area contributed by atoms with Gasteiger partial charge < -0.3 is 19.7 Å². The van der Waals surface area contributed by atoms with Crippen LogP contribution in [0.4, 0.5) is 10.6 Å². The maximum atomic E-state index is 12.8. The number of hydrogen-bond donors (Lipinski definition) is 1. The lowest BCUT2D eigenvalue weighted by Gasteiger charge is -2.43. The van der Waals surface area contributed by atoms with Crippen molar-refractivity contribution in [1.82, 2.24) is 30.0 Å². The van der Waals surface area contributed by atoms with Gasteiger partial charge in [-0.25, -0.2) is 19.4 Å². The van der Waals surface area contributed by atoms with Crippen LogP contribution in [0.2, 0.25) is 0 Å². The summed E-state index contributed by atoms with van der Waals surface area (Å²) in [5.41, 5.74) is 3.08. The molecule has 1 aliphatic carbocycles. The minimum Gasteiger partial charge on any atom is -0.444 e. The number of nitrogens with zero attached hydrogens (tertiary/aromatic N) is 6. The van der Waals surface area contributed by atoms with Gasteiger partial charge in [0, 0.05) is 37.0 Å². The van der Waals surface area contributed by atoms with Gasteiger partial charge in [-0.3, -0.25) is 4.98 Å². The van der Waals surface area contributed by atoms with E-state index in [9.17, 15) is 4.79 Å². The third-order valence-corrected chi connectivity index (χ3v) is 8.62. The van der Waals surface area contributed by atoms with E-state index < -0.39 is 5.60 Å². The molecule has 0 aromatic carbocycles. The molecule has 202 valence electrons. The molecule has 1 unspecified atom stereocenters. The van der Waals surface area contributed by atoms with Crippen molar-refractivity contribution in [3.05, 3.63) is 39.5 Å². The van der Waals surface area contributed by atoms with Crippen LogP contribution in [0.5, 0.6) is 0 Å². The van der Waals surface area contributed by atoms with E-state index in [0.29, 0.717) is 0 Å². The van der Waals surface area contributed by atoms with Crippen molar-refractivity contribution in [1.29, 1.82) is 0 Å². The predicted octanol–water partition coefficient (Wildman–Crippen LogP) is 4.93. The Morgan fingerprint density at radius 3 is 2.79 bits per heavy atom. The summed E-state index contributed by atoms with van der Waals surface area (Å²) in [7, 11) is 0. The second-order valence-corrected chi connectivity index (χ2v) is 12.6. The minimum absolute atomic E-state index is 0.0897. The number of rotatable bonds is 3. The van der Waals surface area contributed by atoms with Gasteiger partial charge in [0.25, 0.3) is 0 Å². The summed E-state index contributed by atoms with van der Waals surface area (Å²) in [6.45, 7) is 8.03. The Bertz CT molecular complexity index is 1340. The van der Waals surface area contributed by atoms with Crippen molar-refractivity contribution in [3.63, 3.8) is 0 Å². The molecule has 1 amide bonds. The van der Waals surface area contributed by atoms with Crippen molar-refractivity contribution in [2.75, 3.05) is 24.6 Å². The number of aromatic nitrogens is 5. The zero-order valence-electron chi connectivity index (χ0n) is 22.1. The first-order valence-corrected chi connectivity index (χ1v) is 14.5. The number of alkyl carbamates (subject to hydrolysis) is 1. The zero-order valence-corrected chi connectivity index (χ0v) is 24.3. The summed E-state index contributed by atoms with van der Waals surface area (Å²) in [4.78, 5) is 29.6. The highest BCUT2D eigenvalue weighted by atomic mass is 127. The summed E-state index contributed by atoms with van der Waals surface area (Å²) >= 11 is 2.23. The van der Waals surface area contributed by atoms with E-state index in [1.165, 1.54) is 0 Å². The van der Waals surface area contributed by atoms with Gasteiger partial charge in [-0.2, -0.15) is 5.10 Å². The lowest BCUT2D eigenvalue weighted by Crippen LogP contribution is -2.48. The van der Waals surface area contributed by atoms with Crippen LogP contribution in [0.25, 0.3) is 11.2 Å². The molecule has 3 aromatic rings. The van der Waals surface area contributed by atoms with Gasteiger partial charge in [0.1, 0.15) is 16.9 Å². The molecule has 1 N–H and O–H groups in total. The van der Waals surface area contributed by atoms with Gasteiger partial charge in [0.15, 0.2) is 15.6 Å². The number of anilines is 1. The molecular formula is C27H34IN7O3. The third-order valence-electron chi connectivity index (χ3n) is 7.89. The van der Waals surface area contributed by atoms with Crippen molar-refractivity contribution in [3.8, 4) is 0 Å². The predicted molar refractivity (Wildman–Crippen MR) is 151 cm³/mol. The summed E-state index contributed by atoms with van der Waals surface area (Å²) < 4.78 is 14.4. The second kappa shape index (κ2) is 9.89. The number of pyridine rings is 1. The number of piperidine rings is 1. The SMILES string of the molecule is CC(C)(C)OC(=O)N[C@@H]1c2cccnc2CC12CCN(c1cnc3c(I)nn(C4CCCCO4)c3n1)CC2. The average Bonchev–Trinajstić information content (AvgIpc) is 3.38. The standard InChI is InChI=1S/C27H34IN7O3/c1-26(2,3)38-25(36)32-22-17-7-6-11-29-18(17)15-27(22)9-12-34(13-10-27)19-16-30-21-23(28)33-35(24(21)31-19)20-8-4-5-14-37-20/h6-7,11,16,20,22H,4-5,8-10,12-15H2,1-3H3,(H,32,36)/t20?,22-/m1/s1. The topological polar surface area (TPSA) is 107 Å². The van der Waals surface area contributed by atoms with E-state index in [0.717, 1.165) is 90.2 Å². The van der Waals surface area contributed by atoms with Gasteiger partial charge in [0.05, 0.1) is 12.2 Å². The van der Waals surface area contributed by atoms with Crippen molar-refractivity contribution >= 4 is 45.7 Å². The molecule has 2 fully saturated rings. The number of carbonyl (C=O) groups is 1. The van der Waals surface area contributed by atoms with Crippen LogP contribution in [-0.4, -0.2) is 56.1 Å². The van der Waals surface area contributed by atoms with Gasteiger partial charge in [-0.15, -0.1) is 0 Å². The van der Waals surface area contributed by atoms with Crippen LogP contribution in [-0.2, 0) is 15.9 Å². The molecule has 0 bridgehead atoms. The molecule has 6 rings (SSSR count). The first kappa shape index (κ1) is 25.7. The van der Waals surface area contributed by atoms with Crippen LogP contribution in [0, 0.1) is 9.12 Å². The van der Waals surface area contributed by atoms with Crippen molar-refractivity contribution in [2.45, 2.75) is 77.2 Å². The number of ether oxygens (including phenoxy) is 2. The Morgan fingerprint density at radius 2 is 2.05 bits per heavy atom. The number of nitrogens with one attached hydrogen (secondary N) is 1. The zero-order chi connectivity index (χ0) is 26.5. The van der Waals surface area contributed by atoms with Crippen LogP contribution >= 0.6 is 22.6 Å².